The van der Waals surface area contributed by atoms with Gasteiger partial charge in [0.15, 0.2) is 4.47 Å². The first-order valence-electron chi connectivity index (χ1n) is 4.84. The van der Waals surface area contributed by atoms with Crippen LogP contribution in [-0.4, -0.2) is 24.0 Å². The van der Waals surface area contributed by atoms with Crippen molar-refractivity contribution in [1.29, 1.82) is 0 Å². The molecule has 1 aromatic heterocycles. The molecule has 4 nitrogen and oxygen atoms in total. The molecule has 0 bridgehead atoms. The van der Waals surface area contributed by atoms with E-state index in [1.807, 2.05) is 0 Å². The third-order valence-electron chi connectivity index (χ3n) is 2.39. The lowest BCUT2D eigenvalue weighted by Crippen LogP contribution is -2.31. The second-order valence-electron chi connectivity index (χ2n) is 3.49. The summed E-state index contributed by atoms with van der Waals surface area (Å²) in [4.78, 5) is 16.5. The molecule has 2 rings (SSSR count). The van der Waals surface area contributed by atoms with Crippen LogP contribution in [0.5, 0.6) is 0 Å². The summed E-state index contributed by atoms with van der Waals surface area (Å²) in [6, 6.07) is 0. The van der Waals surface area contributed by atoms with Crippen molar-refractivity contribution in [2.45, 2.75) is 13.0 Å². The highest BCUT2D eigenvalue weighted by atomic mass is 35.5. The fraction of sp³-hybridized carbons (Fsp3) is 0.556. The van der Waals surface area contributed by atoms with Gasteiger partial charge < -0.3 is 10.6 Å². The van der Waals surface area contributed by atoms with Crippen LogP contribution in [0.25, 0.3) is 0 Å². The SMILES string of the molecule is O=C(NCc1cnc(Cl)s1)C1CCNC1. The van der Waals surface area contributed by atoms with Crippen molar-refractivity contribution < 1.29 is 4.79 Å². The van der Waals surface area contributed by atoms with E-state index in [9.17, 15) is 4.79 Å². The molecule has 1 amide bonds. The summed E-state index contributed by atoms with van der Waals surface area (Å²) in [7, 11) is 0. The minimum absolute atomic E-state index is 0.115. The van der Waals surface area contributed by atoms with E-state index in [4.69, 9.17) is 11.6 Å². The molecule has 0 aromatic carbocycles. The van der Waals surface area contributed by atoms with E-state index in [1.165, 1.54) is 11.3 Å². The highest BCUT2D eigenvalue weighted by Crippen LogP contribution is 2.17. The van der Waals surface area contributed by atoms with Crippen LogP contribution in [-0.2, 0) is 11.3 Å². The van der Waals surface area contributed by atoms with Crippen molar-refractivity contribution in [3.8, 4) is 0 Å². The second kappa shape index (κ2) is 4.92. The first-order valence-corrected chi connectivity index (χ1v) is 6.04. The molecule has 2 heterocycles. The van der Waals surface area contributed by atoms with E-state index in [-0.39, 0.29) is 11.8 Å². The molecule has 1 atom stereocenters. The van der Waals surface area contributed by atoms with E-state index in [1.54, 1.807) is 6.20 Å². The first kappa shape index (κ1) is 10.9. The maximum atomic E-state index is 11.6. The Morgan fingerprint density at radius 2 is 2.67 bits per heavy atom. The van der Waals surface area contributed by atoms with E-state index in [0.29, 0.717) is 11.0 Å². The van der Waals surface area contributed by atoms with Crippen LogP contribution >= 0.6 is 22.9 Å². The van der Waals surface area contributed by atoms with E-state index < -0.39 is 0 Å². The number of aromatic nitrogens is 1. The Balaban J connectivity index is 1.80. The largest absolute Gasteiger partial charge is 0.351 e. The number of halogens is 1. The average Bonchev–Trinajstić information content (AvgIpc) is 2.84. The molecule has 2 N–H and O–H groups in total. The number of hydrogen-bond donors (Lipinski definition) is 2. The quantitative estimate of drug-likeness (QED) is 0.836. The van der Waals surface area contributed by atoms with Gasteiger partial charge in [-0.05, 0) is 13.0 Å². The van der Waals surface area contributed by atoms with Crippen molar-refractivity contribution in [3.63, 3.8) is 0 Å². The molecular weight excluding hydrogens is 234 g/mol. The van der Waals surface area contributed by atoms with Crippen LogP contribution in [0.1, 0.15) is 11.3 Å². The molecule has 1 unspecified atom stereocenters. The molecule has 0 radical (unpaired) electrons. The van der Waals surface area contributed by atoms with Gasteiger partial charge in [-0.1, -0.05) is 11.6 Å². The summed E-state index contributed by atoms with van der Waals surface area (Å²) in [6.45, 7) is 2.25. The lowest BCUT2D eigenvalue weighted by atomic mass is 10.1. The lowest BCUT2D eigenvalue weighted by molar-refractivity contribution is -0.124. The maximum Gasteiger partial charge on any atom is 0.224 e. The van der Waals surface area contributed by atoms with Crippen molar-refractivity contribution in [2.24, 2.45) is 5.92 Å². The second-order valence-corrected chi connectivity index (χ2v) is 5.18. The zero-order valence-electron chi connectivity index (χ0n) is 8.12. The fourth-order valence-corrected chi connectivity index (χ4v) is 2.48. The summed E-state index contributed by atoms with van der Waals surface area (Å²) < 4.78 is 0.516. The zero-order chi connectivity index (χ0) is 10.7. The van der Waals surface area contributed by atoms with Gasteiger partial charge in [-0.3, -0.25) is 4.79 Å². The van der Waals surface area contributed by atoms with Gasteiger partial charge in [0.25, 0.3) is 0 Å². The number of carbonyl (C=O) groups is 1. The van der Waals surface area contributed by atoms with Crippen LogP contribution in [0.15, 0.2) is 6.20 Å². The third kappa shape index (κ3) is 2.90. The molecule has 15 heavy (non-hydrogen) atoms. The Morgan fingerprint density at radius 1 is 1.80 bits per heavy atom. The summed E-state index contributed by atoms with van der Waals surface area (Å²) in [5.41, 5.74) is 0. The summed E-state index contributed by atoms with van der Waals surface area (Å²) >= 11 is 7.08. The Bertz CT molecular complexity index is 349. The maximum absolute atomic E-state index is 11.6. The van der Waals surface area contributed by atoms with E-state index in [2.05, 4.69) is 15.6 Å². The number of nitrogens with zero attached hydrogens (tertiary/aromatic N) is 1. The van der Waals surface area contributed by atoms with Gasteiger partial charge in [0.05, 0.1) is 12.5 Å². The molecule has 0 aliphatic carbocycles. The van der Waals surface area contributed by atoms with Crippen LogP contribution in [0, 0.1) is 5.92 Å². The normalized spacial score (nSPS) is 20.5. The molecule has 0 spiro atoms. The van der Waals surface area contributed by atoms with Gasteiger partial charge in [0.1, 0.15) is 0 Å². The molecule has 1 aromatic rings. The Hall–Kier alpha value is -0.650. The summed E-state index contributed by atoms with van der Waals surface area (Å²) in [5.74, 6) is 0.234. The lowest BCUT2D eigenvalue weighted by Gasteiger charge is -2.08. The van der Waals surface area contributed by atoms with Gasteiger partial charge in [-0.25, -0.2) is 4.98 Å². The van der Waals surface area contributed by atoms with Crippen LogP contribution in [0.3, 0.4) is 0 Å². The standard InChI is InChI=1S/C9H12ClN3OS/c10-9-13-5-7(15-9)4-12-8(14)6-1-2-11-3-6/h5-6,11H,1-4H2,(H,12,14). The van der Waals surface area contributed by atoms with Gasteiger partial charge in [0, 0.05) is 17.6 Å². The van der Waals surface area contributed by atoms with Gasteiger partial charge >= 0.3 is 0 Å². The molecule has 1 aliphatic heterocycles. The molecule has 1 aliphatic rings. The van der Waals surface area contributed by atoms with Gasteiger partial charge in [0.2, 0.25) is 5.91 Å². The molecular formula is C9H12ClN3OS. The van der Waals surface area contributed by atoms with Crippen molar-refractivity contribution in [3.05, 3.63) is 15.5 Å². The Morgan fingerprint density at radius 3 is 3.27 bits per heavy atom. The third-order valence-corrected chi connectivity index (χ3v) is 3.51. The van der Waals surface area contributed by atoms with E-state index >= 15 is 0 Å². The number of amides is 1. The van der Waals surface area contributed by atoms with E-state index in [0.717, 1.165) is 24.4 Å². The van der Waals surface area contributed by atoms with Crippen LogP contribution in [0.2, 0.25) is 4.47 Å². The first-order chi connectivity index (χ1) is 7.25. The molecule has 6 heteroatoms. The van der Waals surface area contributed by atoms with Crippen LogP contribution in [0.4, 0.5) is 0 Å². The fourth-order valence-electron chi connectivity index (χ4n) is 1.56. The Kier molecular flexibility index (Phi) is 3.56. The predicted octanol–water partition coefficient (Wildman–Crippen LogP) is 1.02. The molecule has 1 fully saturated rings. The van der Waals surface area contributed by atoms with Crippen molar-refractivity contribution in [2.75, 3.05) is 13.1 Å². The number of rotatable bonds is 3. The smallest absolute Gasteiger partial charge is 0.224 e. The highest BCUT2D eigenvalue weighted by Gasteiger charge is 2.21. The zero-order valence-corrected chi connectivity index (χ0v) is 9.70. The minimum atomic E-state index is 0.115. The number of thiazole rings is 1. The van der Waals surface area contributed by atoms with Gasteiger partial charge in [-0.2, -0.15) is 0 Å². The topological polar surface area (TPSA) is 54.0 Å². The highest BCUT2D eigenvalue weighted by molar-refractivity contribution is 7.15. The molecule has 0 saturated carbocycles. The Labute approximate surface area is 97.0 Å². The van der Waals surface area contributed by atoms with Gasteiger partial charge in [-0.15, -0.1) is 11.3 Å². The predicted molar refractivity (Wildman–Crippen MR) is 59.9 cm³/mol. The molecule has 82 valence electrons. The molecule has 1 saturated heterocycles. The number of hydrogen-bond acceptors (Lipinski definition) is 4. The summed E-state index contributed by atoms with van der Waals surface area (Å²) in [6.07, 6.45) is 2.62. The monoisotopic (exact) mass is 245 g/mol. The number of carbonyl (C=O) groups excluding carboxylic acids is 1. The number of nitrogens with one attached hydrogen (secondary N) is 2. The van der Waals surface area contributed by atoms with Crippen molar-refractivity contribution >= 4 is 28.8 Å². The average molecular weight is 246 g/mol. The van der Waals surface area contributed by atoms with Crippen LogP contribution < -0.4 is 10.6 Å². The summed E-state index contributed by atoms with van der Waals surface area (Å²) in [5, 5.41) is 6.05. The minimum Gasteiger partial charge on any atom is -0.351 e. The van der Waals surface area contributed by atoms with Crippen molar-refractivity contribution in [1.82, 2.24) is 15.6 Å².